The Balaban J connectivity index is 2.19. The molecular weight excluding hydrogens is 276 g/mol. The van der Waals surface area contributed by atoms with E-state index in [0.29, 0.717) is 23.9 Å². The van der Waals surface area contributed by atoms with E-state index in [2.05, 4.69) is 22.2 Å². The molecule has 7 heteroatoms. The monoisotopic (exact) mass is 298 g/mol. The highest BCUT2D eigenvalue weighted by Crippen LogP contribution is 2.22. The molecule has 6 nitrogen and oxygen atoms in total. The van der Waals surface area contributed by atoms with Crippen LogP contribution in [0.3, 0.4) is 0 Å². The number of nitrogens with one attached hydrogen (secondary N) is 1. The number of hydrogen-bond acceptors (Lipinski definition) is 6. The Bertz CT molecular complexity index is 586. The Morgan fingerprint density at radius 3 is 2.80 bits per heavy atom. The molecule has 1 aromatic heterocycles. The maximum Gasteiger partial charge on any atom is 0.152 e. The molecule has 20 heavy (non-hydrogen) atoms. The summed E-state index contributed by atoms with van der Waals surface area (Å²) in [6, 6.07) is -0.0868. The van der Waals surface area contributed by atoms with Gasteiger partial charge in [-0.25, -0.2) is 18.4 Å². The Morgan fingerprint density at radius 1 is 1.40 bits per heavy atom. The van der Waals surface area contributed by atoms with E-state index in [1.807, 2.05) is 6.92 Å². The first kappa shape index (κ1) is 15.0. The van der Waals surface area contributed by atoms with E-state index < -0.39 is 9.84 Å². The van der Waals surface area contributed by atoms with Crippen molar-refractivity contribution in [3.8, 4) is 0 Å². The normalized spacial score (nSPS) is 21.6. The van der Waals surface area contributed by atoms with Crippen molar-refractivity contribution in [3.05, 3.63) is 11.4 Å². The number of nitrogens with two attached hydrogens (primary N) is 1. The number of nitrogens with zero attached hydrogens (tertiary/aromatic N) is 2. The molecule has 1 unspecified atom stereocenters. The number of sulfone groups is 1. The zero-order valence-electron chi connectivity index (χ0n) is 12.0. The highest BCUT2D eigenvalue weighted by Gasteiger charge is 2.25. The molecule has 1 aromatic rings. The molecule has 0 aromatic carbocycles. The SMILES string of the molecule is CCCc1nc(N)c(C)c(NC2CCCS(=O)(=O)C2)n1. The van der Waals surface area contributed by atoms with E-state index >= 15 is 0 Å². The minimum Gasteiger partial charge on any atom is -0.383 e. The first-order valence-electron chi connectivity index (χ1n) is 7.01. The average Bonchev–Trinajstić information content (AvgIpc) is 2.34. The predicted molar refractivity (Wildman–Crippen MR) is 80.5 cm³/mol. The van der Waals surface area contributed by atoms with Gasteiger partial charge in [0, 0.05) is 18.0 Å². The molecule has 2 rings (SSSR count). The Hall–Kier alpha value is -1.37. The van der Waals surface area contributed by atoms with Gasteiger partial charge < -0.3 is 11.1 Å². The Morgan fingerprint density at radius 2 is 2.15 bits per heavy atom. The van der Waals surface area contributed by atoms with Gasteiger partial charge in [0.2, 0.25) is 0 Å². The molecule has 112 valence electrons. The van der Waals surface area contributed by atoms with Gasteiger partial charge in [0.05, 0.1) is 11.5 Å². The average molecular weight is 298 g/mol. The molecule has 1 saturated heterocycles. The van der Waals surface area contributed by atoms with Crippen molar-refractivity contribution in [2.45, 2.75) is 45.6 Å². The molecule has 0 radical (unpaired) electrons. The third kappa shape index (κ3) is 3.59. The van der Waals surface area contributed by atoms with Crippen molar-refractivity contribution >= 4 is 21.5 Å². The van der Waals surface area contributed by atoms with Crippen LogP contribution in [0, 0.1) is 6.92 Å². The zero-order chi connectivity index (χ0) is 14.8. The number of aromatic nitrogens is 2. The van der Waals surface area contributed by atoms with Crippen LogP contribution in [0.2, 0.25) is 0 Å². The first-order valence-corrected chi connectivity index (χ1v) is 8.83. The number of anilines is 2. The van der Waals surface area contributed by atoms with Crippen LogP contribution in [0.1, 0.15) is 37.6 Å². The fourth-order valence-electron chi connectivity index (χ4n) is 2.39. The van der Waals surface area contributed by atoms with Crippen LogP contribution in [0.25, 0.3) is 0 Å². The number of nitrogen functional groups attached to an aromatic ring is 1. The molecule has 3 N–H and O–H groups in total. The Kier molecular flexibility index (Phi) is 4.47. The standard InChI is InChI=1S/C13H22N4O2S/c1-3-5-11-16-12(14)9(2)13(17-11)15-10-6-4-7-20(18,19)8-10/h10H,3-8H2,1-2H3,(H3,14,15,16,17). The van der Waals surface area contributed by atoms with Crippen LogP contribution >= 0.6 is 0 Å². The van der Waals surface area contributed by atoms with Gasteiger partial charge in [0.1, 0.15) is 17.5 Å². The molecular formula is C13H22N4O2S. The van der Waals surface area contributed by atoms with Gasteiger partial charge in [-0.1, -0.05) is 6.92 Å². The topological polar surface area (TPSA) is 98.0 Å². The minimum atomic E-state index is -2.93. The summed E-state index contributed by atoms with van der Waals surface area (Å²) in [5.41, 5.74) is 6.69. The first-order chi connectivity index (χ1) is 9.41. The third-order valence-electron chi connectivity index (χ3n) is 3.51. The van der Waals surface area contributed by atoms with Crippen LogP contribution in [-0.4, -0.2) is 35.9 Å². The maximum absolute atomic E-state index is 11.7. The lowest BCUT2D eigenvalue weighted by Crippen LogP contribution is -2.35. The fourth-order valence-corrected chi connectivity index (χ4v) is 4.02. The van der Waals surface area contributed by atoms with Gasteiger partial charge in [-0.05, 0) is 26.2 Å². The largest absolute Gasteiger partial charge is 0.383 e. The van der Waals surface area contributed by atoms with Gasteiger partial charge in [-0.3, -0.25) is 0 Å². The molecule has 1 aliphatic heterocycles. The smallest absolute Gasteiger partial charge is 0.152 e. The second-order valence-corrected chi connectivity index (χ2v) is 7.58. The van der Waals surface area contributed by atoms with Crippen LogP contribution in [0.15, 0.2) is 0 Å². The van der Waals surface area contributed by atoms with Gasteiger partial charge in [-0.15, -0.1) is 0 Å². The highest BCUT2D eigenvalue weighted by atomic mass is 32.2. The summed E-state index contributed by atoms with van der Waals surface area (Å²) >= 11 is 0. The van der Waals surface area contributed by atoms with Crippen LogP contribution < -0.4 is 11.1 Å². The van der Waals surface area contributed by atoms with Gasteiger partial charge in [0.25, 0.3) is 0 Å². The van der Waals surface area contributed by atoms with Crippen LogP contribution in [0.5, 0.6) is 0 Å². The summed E-state index contributed by atoms with van der Waals surface area (Å²) in [6.07, 6.45) is 3.25. The molecule has 1 fully saturated rings. The minimum absolute atomic E-state index is 0.0868. The number of aryl methyl sites for hydroxylation is 1. The summed E-state index contributed by atoms with van der Waals surface area (Å²) in [7, 11) is -2.93. The quantitative estimate of drug-likeness (QED) is 0.869. The van der Waals surface area contributed by atoms with Crippen LogP contribution in [-0.2, 0) is 16.3 Å². The van der Waals surface area contributed by atoms with E-state index in [4.69, 9.17) is 5.73 Å². The Labute approximate surface area is 120 Å². The lowest BCUT2D eigenvalue weighted by molar-refractivity contribution is 0.561. The van der Waals surface area contributed by atoms with E-state index in [0.717, 1.165) is 24.8 Å². The highest BCUT2D eigenvalue weighted by molar-refractivity contribution is 7.91. The molecule has 2 heterocycles. The molecule has 0 aliphatic carbocycles. The second-order valence-electron chi connectivity index (χ2n) is 5.35. The lowest BCUT2D eigenvalue weighted by atomic mass is 10.1. The number of rotatable bonds is 4. The van der Waals surface area contributed by atoms with Gasteiger partial charge in [0.15, 0.2) is 9.84 Å². The molecule has 0 bridgehead atoms. The summed E-state index contributed by atoms with van der Waals surface area (Å²) in [6.45, 7) is 3.91. The maximum atomic E-state index is 11.7. The van der Waals surface area contributed by atoms with Crippen molar-refractivity contribution in [3.63, 3.8) is 0 Å². The van der Waals surface area contributed by atoms with Gasteiger partial charge in [-0.2, -0.15) is 0 Å². The lowest BCUT2D eigenvalue weighted by Gasteiger charge is -2.24. The zero-order valence-corrected chi connectivity index (χ0v) is 12.8. The van der Waals surface area contributed by atoms with E-state index in [9.17, 15) is 8.42 Å². The molecule has 0 amide bonds. The molecule has 0 saturated carbocycles. The molecule has 0 spiro atoms. The van der Waals surface area contributed by atoms with Gasteiger partial charge >= 0.3 is 0 Å². The molecule has 1 aliphatic rings. The van der Waals surface area contributed by atoms with Crippen molar-refractivity contribution in [1.82, 2.24) is 9.97 Å². The number of hydrogen-bond donors (Lipinski definition) is 2. The predicted octanol–water partition coefficient (Wildman–Crippen LogP) is 1.31. The summed E-state index contributed by atoms with van der Waals surface area (Å²) in [5, 5.41) is 3.23. The van der Waals surface area contributed by atoms with Crippen molar-refractivity contribution in [2.75, 3.05) is 22.6 Å². The van der Waals surface area contributed by atoms with E-state index in [1.54, 1.807) is 0 Å². The van der Waals surface area contributed by atoms with Crippen molar-refractivity contribution in [2.24, 2.45) is 0 Å². The summed E-state index contributed by atoms with van der Waals surface area (Å²) < 4.78 is 23.4. The third-order valence-corrected chi connectivity index (χ3v) is 5.33. The van der Waals surface area contributed by atoms with Crippen LogP contribution in [0.4, 0.5) is 11.6 Å². The summed E-state index contributed by atoms with van der Waals surface area (Å²) in [4.78, 5) is 8.72. The van der Waals surface area contributed by atoms with E-state index in [-0.39, 0.29) is 17.5 Å². The van der Waals surface area contributed by atoms with Crippen molar-refractivity contribution < 1.29 is 8.42 Å². The fraction of sp³-hybridized carbons (Fsp3) is 0.692. The van der Waals surface area contributed by atoms with Crippen molar-refractivity contribution in [1.29, 1.82) is 0 Å². The van der Waals surface area contributed by atoms with E-state index in [1.165, 1.54) is 0 Å². The summed E-state index contributed by atoms with van der Waals surface area (Å²) in [5.74, 6) is 2.29. The second kappa shape index (κ2) is 5.95. The molecule has 1 atom stereocenters.